The highest BCUT2D eigenvalue weighted by atomic mass is 79.9. The summed E-state index contributed by atoms with van der Waals surface area (Å²) in [5.41, 5.74) is 2.77. The predicted octanol–water partition coefficient (Wildman–Crippen LogP) is 5.03. The van der Waals surface area contributed by atoms with E-state index in [9.17, 15) is 4.39 Å². The van der Waals surface area contributed by atoms with Crippen molar-refractivity contribution in [1.29, 1.82) is 0 Å². The smallest absolute Gasteiger partial charge is 0.207 e. The van der Waals surface area contributed by atoms with Crippen LogP contribution in [0.5, 0.6) is 0 Å². The fraction of sp³-hybridized carbons (Fsp3) is 0. The van der Waals surface area contributed by atoms with E-state index in [1.54, 1.807) is 10.6 Å². The Balaban J connectivity index is 2.01. The van der Waals surface area contributed by atoms with E-state index in [0.717, 1.165) is 31.1 Å². The molecule has 0 spiro atoms. The second-order valence-electron chi connectivity index (χ2n) is 4.75. The van der Waals surface area contributed by atoms with Gasteiger partial charge in [-0.2, -0.15) is 5.10 Å². The molecule has 0 N–H and O–H groups in total. The van der Waals surface area contributed by atoms with Gasteiger partial charge in [0.25, 0.3) is 0 Å². The molecule has 0 saturated carbocycles. The Kier molecular flexibility index (Phi) is 3.28. The molecule has 0 aliphatic heterocycles. The third kappa shape index (κ3) is 2.24. The second kappa shape index (κ2) is 5.30. The van der Waals surface area contributed by atoms with Crippen molar-refractivity contribution in [3.05, 3.63) is 65.1 Å². The van der Waals surface area contributed by atoms with Crippen LogP contribution in [0.15, 0.2) is 59.3 Å². The predicted molar refractivity (Wildman–Crippen MR) is 89.4 cm³/mol. The van der Waals surface area contributed by atoms with Gasteiger partial charge in [-0.05, 0) is 29.8 Å². The van der Waals surface area contributed by atoms with Crippen molar-refractivity contribution < 1.29 is 4.39 Å². The summed E-state index contributed by atoms with van der Waals surface area (Å²) in [7, 11) is 0. The molecule has 4 rings (SSSR count). The molecule has 6 heteroatoms. The van der Waals surface area contributed by atoms with E-state index in [1.807, 2.05) is 30.3 Å². The molecule has 2 aromatic carbocycles. The van der Waals surface area contributed by atoms with E-state index in [2.05, 4.69) is 26.0 Å². The molecule has 0 fully saturated rings. The number of fused-ring (bicyclic) bond motifs is 1. The van der Waals surface area contributed by atoms with Gasteiger partial charge in [0, 0.05) is 10.0 Å². The summed E-state index contributed by atoms with van der Waals surface area (Å²) in [6, 6.07) is 14.6. The number of rotatable bonds is 2. The summed E-state index contributed by atoms with van der Waals surface area (Å²) in [6.07, 6.45) is 1.53. The van der Waals surface area contributed by atoms with Crippen LogP contribution in [-0.4, -0.2) is 14.6 Å². The average molecular weight is 374 g/mol. The molecule has 0 unspecified atom stereocenters. The van der Waals surface area contributed by atoms with Crippen LogP contribution in [0.2, 0.25) is 0 Å². The maximum Gasteiger partial charge on any atom is 0.213 e. The number of hydrogen-bond donors (Lipinski definition) is 0. The van der Waals surface area contributed by atoms with Crippen molar-refractivity contribution >= 4 is 32.2 Å². The zero-order valence-corrected chi connectivity index (χ0v) is 13.6. The lowest BCUT2D eigenvalue weighted by Crippen LogP contribution is -1.90. The molecule has 0 bridgehead atoms. The zero-order chi connectivity index (χ0) is 15.1. The lowest BCUT2D eigenvalue weighted by atomic mass is 10.1. The van der Waals surface area contributed by atoms with Gasteiger partial charge >= 0.3 is 0 Å². The fourth-order valence-corrected chi connectivity index (χ4v) is 3.69. The third-order valence-corrected chi connectivity index (χ3v) is 4.96. The van der Waals surface area contributed by atoms with Crippen molar-refractivity contribution in [3.8, 4) is 21.7 Å². The van der Waals surface area contributed by atoms with E-state index in [1.165, 1.54) is 29.8 Å². The SMILES string of the molecule is Fc1cccc(-c2sc3ncnn3c2-c2ccc(Br)cc2)c1. The minimum atomic E-state index is -0.252. The summed E-state index contributed by atoms with van der Waals surface area (Å²) in [5.74, 6) is -0.252. The standard InChI is InChI=1S/C16H9BrFN3S/c17-12-6-4-10(5-7-12)14-15(11-2-1-3-13(18)8-11)22-16-19-9-20-21(14)16/h1-9H. The summed E-state index contributed by atoms with van der Waals surface area (Å²) >= 11 is 4.94. The minimum Gasteiger partial charge on any atom is -0.207 e. The molecule has 0 aliphatic rings. The Hall–Kier alpha value is -2.05. The van der Waals surface area contributed by atoms with Crippen LogP contribution in [0.1, 0.15) is 0 Å². The molecule has 108 valence electrons. The van der Waals surface area contributed by atoms with Crippen LogP contribution in [0.3, 0.4) is 0 Å². The molecule has 2 aromatic heterocycles. The fourth-order valence-electron chi connectivity index (χ4n) is 2.38. The molecule has 0 radical (unpaired) electrons. The first-order chi connectivity index (χ1) is 10.7. The van der Waals surface area contributed by atoms with Gasteiger partial charge in [-0.25, -0.2) is 13.9 Å². The van der Waals surface area contributed by atoms with Crippen LogP contribution in [0, 0.1) is 5.82 Å². The van der Waals surface area contributed by atoms with Gasteiger partial charge in [0.15, 0.2) is 0 Å². The Morgan fingerprint density at radius 1 is 1.05 bits per heavy atom. The van der Waals surface area contributed by atoms with Crippen molar-refractivity contribution in [2.75, 3.05) is 0 Å². The first-order valence-electron chi connectivity index (χ1n) is 6.57. The van der Waals surface area contributed by atoms with Crippen LogP contribution < -0.4 is 0 Å². The molecule has 3 nitrogen and oxygen atoms in total. The number of benzene rings is 2. The molecule has 0 amide bonds. The minimum absolute atomic E-state index is 0.252. The van der Waals surface area contributed by atoms with Gasteiger partial charge < -0.3 is 0 Å². The first-order valence-corrected chi connectivity index (χ1v) is 8.18. The molecule has 0 aliphatic carbocycles. The van der Waals surface area contributed by atoms with Crippen molar-refractivity contribution in [1.82, 2.24) is 14.6 Å². The number of hydrogen-bond acceptors (Lipinski definition) is 3. The van der Waals surface area contributed by atoms with Gasteiger partial charge in [-0.15, -0.1) is 0 Å². The number of thiazole rings is 1. The van der Waals surface area contributed by atoms with Crippen LogP contribution in [-0.2, 0) is 0 Å². The zero-order valence-electron chi connectivity index (χ0n) is 11.2. The maximum absolute atomic E-state index is 13.6. The van der Waals surface area contributed by atoms with Crippen LogP contribution in [0.25, 0.3) is 26.7 Å². The van der Waals surface area contributed by atoms with E-state index in [0.29, 0.717) is 0 Å². The molecule has 22 heavy (non-hydrogen) atoms. The molecule has 4 aromatic rings. The second-order valence-corrected chi connectivity index (χ2v) is 6.64. The molecule has 2 heterocycles. The summed E-state index contributed by atoms with van der Waals surface area (Å²) < 4.78 is 16.4. The topological polar surface area (TPSA) is 30.2 Å². The third-order valence-electron chi connectivity index (χ3n) is 3.34. The van der Waals surface area contributed by atoms with E-state index in [-0.39, 0.29) is 5.82 Å². The Bertz CT molecular complexity index is 959. The number of halogens is 2. The van der Waals surface area contributed by atoms with Gasteiger partial charge in [0.05, 0.1) is 10.6 Å². The molecular weight excluding hydrogens is 365 g/mol. The van der Waals surface area contributed by atoms with Crippen molar-refractivity contribution in [2.45, 2.75) is 0 Å². The van der Waals surface area contributed by atoms with Gasteiger partial charge in [-0.1, -0.05) is 51.5 Å². The molecular formula is C16H9BrFN3S. The van der Waals surface area contributed by atoms with Gasteiger partial charge in [0.2, 0.25) is 4.96 Å². The molecule has 0 saturated heterocycles. The highest BCUT2D eigenvalue weighted by Crippen LogP contribution is 2.38. The first kappa shape index (κ1) is 13.6. The normalized spacial score (nSPS) is 11.2. The highest BCUT2D eigenvalue weighted by Gasteiger charge is 2.17. The lowest BCUT2D eigenvalue weighted by molar-refractivity contribution is 0.628. The summed E-state index contributed by atoms with van der Waals surface area (Å²) in [5, 5.41) is 4.30. The number of aromatic nitrogens is 3. The highest BCUT2D eigenvalue weighted by molar-refractivity contribution is 9.10. The van der Waals surface area contributed by atoms with Crippen molar-refractivity contribution in [3.63, 3.8) is 0 Å². The van der Waals surface area contributed by atoms with E-state index >= 15 is 0 Å². The van der Waals surface area contributed by atoms with Crippen LogP contribution in [0.4, 0.5) is 4.39 Å². The lowest BCUT2D eigenvalue weighted by Gasteiger charge is -2.05. The Labute approximate surface area is 138 Å². The summed E-state index contributed by atoms with van der Waals surface area (Å²) in [6.45, 7) is 0. The number of nitrogens with zero attached hydrogens (tertiary/aromatic N) is 3. The molecule has 0 atom stereocenters. The quantitative estimate of drug-likeness (QED) is 0.493. The van der Waals surface area contributed by atoms with Crippen LogP contribution >= 0.6 is 27.3 Å². The summed E-state index contributed by atoms with van der Waals surface area (Å²) in [4.78, 5) is 6.00. The van der Waals surface area contributed by atoms with Gasteiger partial charge in [-0.3, -0.25) is 0 Å². The van der Waals surface area contributed by atoms with E-state index in [4.69, 9.17) is 0 Å². The van der Waals surface area contributed by atoms with Crippen molar-refractivity contribution in [2.24, 2.45) is 0 Å². The Morgan fingerprint density at radius 2 is 1.86 bits per heavy atom. The van der Waals surface area contributed by atoms with Gasteiger partial charge in [0.1, 0.15) is 12.1 Å². The monoisotopic (exact) mass is 373 g/mol. The Morgan fingerprint density at radius 3 is 2.64 bits per heavy atom. The van der Waals surface area contributed by atoms with E-state index < -0.39 is 0 Å². The average Bonchev–Trinajstić information content (AvgIpc) is 3.09. The maximum atomic E-state index is 13.6. The largest absolute Gasteiger partial charge is 0.213 e.